The maximum Gasteiger partial charge on any atom is 0.418 e. The van der Waals surface area contributed by atoms with Crippen molar-refractivity contribution in [2.75, 3.05) is 30.3 Å². The topological polar surface area (TPSA) is 61.4 Å². The molecule has 0 atom stereocenters. The van der Waals surface area contributed by atoms with Crippen LogP contribution in [0.4, 0.5) is 24.5 Å². The van der Waals surface area contributed by atoms with E-state index in [-0.39, 0.29) is 24.7 Å². The molecule has 0 fully saturated rings. The number of hydrogen-bond donors (Lipinski definition) is 2. The molecule has 2 amide bonds. The fourth-order valence-corrected chi connectivity index (χ4v) is 3.30. The molecule has 0 aliphatic heterocycles. The molecule has 168 valence electrons. The Bertz CT molecular complexity index is 891. The third kappa shape index (κ3) is 6.82. The third-order valence-electron chi connectivity index (χ3n) is 4.95. The smallest absolute Gasteiger partial charge is 0.324 e. The first-order valence-electron chi connectivity index (χ1n) is 10.3. The molecule has 0 radical (unpaired) electrons. The first-order chi connectivity index (χ1) is 14.7. The Morgan fingerprint density at radius 3 is 1.90 bits per heavy atom. The number of para-hydroxylation sites is 2. The van der Waals surface area contributed by atoms with Gasteiger partial charge in [-0.3, -0.25) is 14.5 Å². The number of alkyl halides is 3. The van der Waals surface area contributed by atoms with Crippen molar-refractivity contribution < 1.29 is 22.8 Å². The maximum atomic E-state index is 13.1. The highest BCUT2D eigenvalue weighted by atomic mass is 19.4. The zero-order valence-electron chi connectivity index (χ0n) is 18.0. The number of rotatable bonds is 9. The Balaban J connectivity index is 2.03. The summed E-state index contributed by atoms with van der Waals surface area (Å²) in [6.07, 6.45) is -3.04. The second kappa shape index (κ2) is 10.9. The number of hydrogen-bond acceptors (Lipinski definition) is 3. The number of anilines is 2. The van der Waals surface area contributed by atoms with Crippen LogP contribution in [-0.2, 0) is 28.6 Å². The number of carbonyl (C=O) groups excluding carboxylic acids is 2. The van der Waals surface area contributed by atoms with Crippen molar-refractivity contribution in [1.29, 1.82) is 0 Å². The van der Waals surface area contributed by atoms with Gasteiger partial charge in [-0.2, -0.15) is 13.2 Å². The zero-order valence-corrected chi connectivity index (χ0v) is 18.0. The first-order valence-corrected chi connectivity index (χ1v) is 10.3. The summed E-state index contributed by atoms with van der Waals surface area (Å²) in [5.41, 5.74) is 1.63. The lowest BCUT2D eigenvalue weighted by atomic mass is 10.0. The van der Waals surface area contributed by atoms with Gasteiger partial charge >= 0.3 is 6.18 Å². The standard InChI is InChI=1S/C23H28F3N3O2/c1-4-16-10-9-11-17(5-2)22(16)28-21(31)15-29(6-3)14-20(30)27-19-13-8-7-12-18(19)23(24,25)26/h7-13H,4-6,14-15H2,1-3H3,(H,27,30)(H,28,31). The van der Waals surface area contributed by atoms with Gasteiger partial charge in [-0.05, 0) is 42.6 Å². The summed E-state index contributed by atoms with van der Waals surface area (Å²) in [5.74, 6) is -0.893. The number of aryl methyl sites for hydroxylation is 2. The van der Waals surface area contributed by atoms with Gasteiger partial charge in [-0.15, -0.1) is 0 Å². The van der Waals surface area contributed by atoms with Crippen molar-refractivity contribution in [1.82, 2.24) is 4.90 Å². The highest BCUT2D eigenvalue weighted by Crippen LogP contribution is 2.34. The number of benzene rings is 2. The van der Waals surface area contributed by atoms with E-state index in [1.54, 1.807) is 11.8 Å². The molecule has 0 saturated carbocycles. The summed E-state index contributed by atoms with van der Waals surface area (Å²) in [4.78, 5) is 26.5. The lowest BCUT2D eigenvalue weighted by Crippen LogP contribution is -2.39. The molecule has 0 aliphatic carbocycles. The Morgan fingerprint density at radius 1 is 0.839 bits per heavy atom. The van der Waals surface area contributed by atoms with Gasteiger partial charge in [0.05, 0.1) is 24.3 Å². The summed E-state index contributed by atoms with van der Waals surface area (Å²) in [5, 5.41) is 5.25. The van der Waals surface area contributed by atoms with E-state index >= 15 is 0 Å². The average molecular weight is 435 g/mol. The van der Waals surface area contributed by atoms with Crippen molar-refractivity contribution >= 4 is 23.2 Å². The molecule has 2 rings (SSSR count). The Hall–Kier alpha value is -2.87. The molecule has 0 aromatic heterocycles. The maximum absolute atomic E-state index is 13.1. The average Bonchev–Trinajstić information content (AvgIpc) is 2.72. The highest BCUT2D eigenvalue weighted by Gasteiger charge is 2.33. The van der Waals surface area contributed by atoms with Crippen LogP contribution >= 0.6 is 0 Å². The molecular weight excluding hydrogens is 407 g/mol. The number of halogens is 3. The number of nitrogens with zero attached hydrogens (tertiary/aromatic N) is 1. The van der Waals surface area contributed by atoms with Crippen LogP contribution in [0.5, 0.6) is 0 Å². The van der Waals surface area contributed by atoms with E-state index in [0.717, 1.165) is 35.7 Å². The summed E-state index contributed by atoms with van der Waals surface area (Å²) >= 11 is 0. The molecular formula is C23H28F3N3O2. The van der Waals surface area contributed by atoms with Crippen molar-refractivity contribution in [2.24, 2.45) is 0 Å². The molecule has 0 unspecified atom stereocenters. The van der Waals surface area contributed by atoms with Gasteiger partial charge in [0.2, 0.25) is 11.8 Å². The molecule has 0 saturated heterocycles. The lowest BCUT2D eigenvalue weighted by Gasteiger charge is -2.21. The van der Waals surface area contributed by atoms with Crippen LogP contribution in [0.25, 0.3) is 0 Å². The van der Waals surface area contributed by atoms with Crippen LogP contribution in [0.1, 0.15) is 37.5 Å². The quantitative estimate of drug-likeness (QED) is 0.599. The fourth-order valence-electron chi connectivity index (χ4n) is 3.30. The molecule has 0 bridgehead atoms. The predicted molar refractivity (Wildman–Crippen MR) is 116 cm³/mol. The first kappa shape index (κ1) is 24.4. The van der Waals surface area contributed by atoms with Crippen molar-refractivity contribution in [3.8, 4) is 0 Å². The molecule has 2 aromatic carbocycles. The number of likely N-dealkylation sites (N-methyl/N-ethyl adjacent to an activating group) is 1. The molecule has 5 nitrogen and oxygen atoms in total. The molecule has 0 heterocycles. The molecule has 0 aliphatic rings. The zero-order chi connectivity index (χ0) is 23.0. The Kier molecular flexibility index (Phi) is 8.62. The van der Waals surface area contributed by atoms with E-state index in [9.17, 15) is 22.8 Å². The van der Waals surface area contributed by atoms with Crippen LogP contribution in [0.2, 0.25) is 0 Å². The monoisotopic (exact) mass is 435 g/mol. The highest BCUT2D eigenvalue weighted by molar-refractivity contribution is 5.96. The van der Waals surface area contributed by atoms with E-state index < -0.39 is 17.6 Å². The van der Waals surface area contributed by atoms with Crippen LogP contribution in [0, 0.1) is 0 Å². The van der Waals surface area contributed by atoms with E-state index in [2.05, 4.69) is 10.6 Å². The minimum Gasteiger partial charge on any atom is -0.324 e. The Labute approximate surface area is 180 Å². The van der Waals surface area contributed by atoms with Crippen LogP contribution < -0.4 is 10.6 Å². The number of carbonyl (C=O) groups is 2. The van der Waals surface area contributed by atoms with Gasteiger partial charge in [0, 0.05) is 5.69 Å². The largest absolute Gasteiger partial charge is 0.418 e. The van der Waals surface area contributed by atoms with Crippen molar-refractivity contribution in [3.05, 3.63) is 59.2 Å². The molecule has 8 heteroatoms. The van der Waals surface area contributed by atoms with E-state index in [1.165, 1.54) is 18.2 Å². The van der Waals surface area contributed by atoms with E-state index in [1.807, 2.05) is 32.0 Å². The lowest BCUT2D eigenvalue weighted by molar-refractivity contribution is -0.137. The molecule has 2 aromatic rings. The minimum atomic E-state index is -4.57. The second-order valence-corrected chi connectivity index (χ2v) is 7.10. The fraction of sp³-hybridized carbons (Fsp3) is 0.391. The van der Waals surface area contributed by atoms with E-state index in [4.69, 9.17) is 0 Å². The summed E-state index contributed by atoms with van der Waals surface area (Å²) in [6.45, 7) is 5.93. The van der Waals surface area contributed by atoms with Gasteiger partial charge in [0.1, 0.15) is 0 Å². The van der Waals surface area contributed by atoms with Gasteiger partial charge in [0.15, 0.2) is 0 Å². The van der Waals surface area contributed by atoms with Crippen LogP contribution in [0.15, 0.2) is 42.5 Å². The van der Waals surface area contributed by atoms with Gasteiger partial charge in [0.25, 0.3) is 0 Å². The van der Waals surface area contributed by atoms with E-state index in [0.29, 0.717) is 6.54 Å². The predicted octanol–water partition coefficient (Wildman–Crippen LogP) is 4.73. The summed E-state index contributed by atoms with van der Waals surface area (Å²) in [6, 6.07) is 10.7. The third-order valence-corrected chi connectivity index (χ3v) is 4.95. The number of nitrogens with one attached hydrogen (secondary N) is 2. The van der Waals surface area contributed by atoms with Crippen molar-refractivity contribution in [3.63, 3.8) is 0 Å². The van der Waals surface area contributed by atoms with Crippen LogP contribution in [-0.4, -0.2) is 36.3 Å². The Morgan fingerprint density at radius 2 is 1.39 bits per heavy atom. The molecule has 31 heavy (non-hydrogen) atoms. The summed E-state index contributed by atoms with van der Waals surface area (Å²) < 4.78 is 39.3. The number of amides is 2. The SMILES string of the molecule is CCc1cccc(CC)c1NC(=O)CN(CC)CC(=O)Nc1ccccc1C(F)(F)F. The van der Waals surface area contributed by atoms with Gasteiger partial charge in [-0.25, -0.2) is 0 Å². The normalized spacial score (nSPS) is 11.5. The van der Waals surface area contributed by atoms with Gasteiger partial charge < -0.3 is 10.6 Å². The second-order valence-electron chi connectivity index (χ2n) is 7.10. The van der Waals surface area contributed by atoms with Crippen LogP contribution in [0.3, 0.4) is 0 Å². The molecule has 0 spiro atoms. The minimum absolute atomic E-state index is 0.0496. The van der Waals surface area contributed by atoms with Gasteiger partial charge in [-0.1, -0.05) is 51.1 Å². The van der Waals surface area contributed by atoms with Crippen molar-refractivity contribution in [2.45, 2.75) is 39.8 Å². The molecule has 2 N–H and O–H groups in total. The summed E-state index contributed by atoms with van der Waals surface area (Å²) in [7, 11) is 0.